The first-order valence-electron chi connectivity index (χ1n) is 11.6. The average molecular weight is 525 g/mol. The van der Waals surface area contributed by atoms with E-state index in [1.54, 1.807) is 55.6 Å². The van der Waals surface area contributed by atoms with Crippen LogP contribution in [-0.2, 0) is 27.3 Å². The fourth-order valence-electron chi connectivity index (χ4n) is 4.64. The monoisotopic (exact) mass is 524 g/mol. The maximum atomic E-state index is 13.6. The quantitative estimate of drug-likeness (QED) is 0.190. The van der Waals surface area contributed by atoms with Crippen molar-refractivity contribution in [1.82, 2.24) is 4.90 Å². The van der Waals surface area contributed by atoms with Gasteiger partial charge in [0.05, 0.1) is 12.8 Å². The summed E-state index contributed by atoms with van der Waals surface area (Å²) in [6, 6.07) is 15.1. The van der Waals surface area contributed by atoms with Crippen LogP contribution in [-0.4, -0.2) is 62.2 Å². The predicted molar refractivity (Wildman–Crippen MR) is 141 cm³/mol. The summed E-state index contributed by atoms with van der Waals surface area (Å²) in [5.41, 5.74) is 7.05. The summed E-state index contributed by atoms with van der Waals surface area (Å²) in [5.74, 6) is -1.10. The molecular formula is C26H28N4O6S. The molecule has 0 radical (unpaired) electrons. The van der Waals surface area contributed by atoms with Crippen LogP contribution < -0.4 is 14.8 Å². The molecule has 0 bridgehead atoms. The number of piperidine rings is 1. The number of ether oxygens (including phenoxy) is 1. The van der Waals surface area contributed by atoms with Crippen LogP contribution >= 0.6 is 0 Å². The van der Waals surface area contributed by atoms with E-state index < -0.39 is 35.2 Å². The van der Waals surface area contributed by atoms with Crippen LogP contribution in [0.3, 0.4) is 0 Å². The lowest BCUT2D eigenvalue weighted by Crippen LogP contribution is -2.58. The van der Waals surface area contributed by atoms with Crippen LogP contribution in [0.4, 0.5) is 5.69 Å². The molecule has 1 saturated heterocycles. The summed E-state index contributed by atoms with van der Waals surface area (Å²) < 4.78 is 29.1. The number of amidine groups is 1. The van der Waals surface area contributed by atoms with Gasteiger partial charge in [0.2, 0.25) is 5.91 Å². The number of amides is 1. The van der Waals surface area contributed by atoms with Gasteiger partial charge in [-0.05, 0) is 53.4 Å². The summed E-state index contributed by atoms with van der Waals surface area (Å²) >= 11 is -2.52. The topological polar surface area (TPSA) is 157 Å². The number of nitrogen functional groups attached to an aromatic ring is 1. The number of methoxy groups -OCH3 is 1. The second-order valence-corrected chi connectivity index (χ2v) is 9.67. The molecule has 194 valence electrons. The van der Waals surface area contributed by atoms with Gasteiger partial charge in [0.25, 0.3) is 11.3 Å². The van der Waals surface area contributed by atoms with Crippen molar-refractivity contribution in [3.63, 3.8) is 0 Å². The van der Waals surface area contributed by atoms with E-state index in [1.807, 2.05) is 12.1 Å². The van der Waals surface area contributed by atoms with Gasteiger partial charge in [-0.25, -0.2) is 9.00 Å². The minimum Gasteiger partial charge on any atom is -0.497 e. The maximum absolute atomic E-state index is 13.6. The Morgan fingerprint density at radius 3 is 2.49 bits per heavy atom. The molecule has 1 aliphatic rings. The Kier molecular flexibility index (Phi) is 7.74. The Hall–Kier alpha value is -3.96. The van der Waals surface area contributed by atoms with Gasteiger partial charge in [0.15, 0.2) is 0 Å². The zero-order valence-electron chi connectivity index (χ0n) is 20.2. The Labute approximate surface area is 216 Å². The van der Waals surface area contributed by atoms with Crippen molar-refractivity contribution >= 4 is 45.4 Å². The number of benzene rings is 3. The molecule has 1 fully saturated rings. The molecule has 3 aromatic carbocycles. The summed E-state index contributed by atoms with van der Waals surface area (Å²) in [6.07, 6.45) is 0.829. The summed E-state index contributed by atoms with van der Waals surface area (Å²) in [5, 5.41) is 19.2. The molecule has 11 heteroatoms. The van der Waals surface area contributed by atoms with E-state index in [2.05, 4.69) is 0 Å². The SMILES string of the molecule is COc1ccc2cc(N(C3CCCN(C(Cc4ccc(C(=N)N)cc4)C(=O)O)C3=O)S(=O)O)ccc2c1. The Balaban J connectivity index is 1.61. The number of anilines is 1. The highest BCUT2D eigenvalue weighted by atomic mass is 32.2. The molecule has 3 unspecified atom stereocenters. The number of carbonyl (C=O) groups excluding carboxylic acids is 1. The summed E-state index contributed by atoms with van der Waals surface area (Å²) in [6.45, 7) is 0.223. The molecule has 37 heavy (non-hydrogen) atoms. The molecule has 3 aromatic rings. The van der Waals surface area contributed by atoms with Crippen LogP contribution in [0.1, 0.15) is 24.0 Å². The maximum Gasteiger partial charge on any atom is 0.326 e. The minimum absolute atomic E-state index is 0.0476. The summed E-state index contributed by atoms with van der Waals surface area (Å²) in [4.78, 5) is 27.1. The van der Waals surface area contributed by atoms with Crippen LogP contribution in [0.2, 0.25) is 0 Å². The van der Waals surface area contributed by atoms with Gasteiger partial charge in [0, 0.05) is 18.5 Å². The van der Waals surface area contributed by atoms with E-state index in [0.29, 0.717) is 35.4 Å². The number of carboxylic acids is 1. The second kappa shape index (κ2) is 11.0. The molecule has 4 rings (SSSR count). The van der Waals surface area contributed by atoms with Crippen molar-refractivity contribution in [2.45, 2.75) is 31.3 Å². The van der Waals surface area contributed by atoms with Crippen LogP contribution in [0.15, 0.2) is 60.7 Å². The van der Waals surface area contributed by atoms with Gasteiger partial charge in [-0.3, -0.25) is 19.1 Å². The minimum atomic E-state index is -2.52. The molecule has 10 nitrogen and oxygen atoms in total. The number of hydrogen-bond acceptors (Lipinski definition) is 5. The van der Waals surface area contributed by atoms with E-state index in [-0.39, 0.29) is 18.8 Å². The number of carbonyl (C=O) groups is 2. The Morgan fingerprint density at radius 1 is 1.19 bits per heavy atom. The normalized spacial score (nSPS) is 17.3. The van der Waals surface area contributed by atoms with E-state index in [0.717, 1.165) is 15.1 Å². The van der Waals surface area contributed by atoms with Gasteiger partial charge in [-0.15, -0.1) is 0 Å². The lowest BCUT2D eigenvalue weighted by molar-refractivity contribution is -0.152. The van der Waals surface area contributed by atoms with Crippen LogP contribution in [0.25, 0.3) is 10.8 Å². The molecule has 0 spiro atoms. The first kappa shape index (κ1) is 26.1. The highest BCUT2D eigenvalue weighted by molar-refractivity contribution is 7.80. The van der Waals surface area contributed by atoms with E-state index in [9.17, 15) is 23.5 Å². The molecule has 3 atom stereocenters. The van der Waals surface area contributed by atoms with E-state index in [1.165, 1.54) is 4.90 Å². The fraction of sp³-hybridized carbons (Fsp3) is 0.269. The number of nitrogens with zero attached hydrogens (tertiary/aromatic N) is 2. The lowest BCUT2D eigenvalue weighted by Gasteiger charge is -2.40. The largest absolute Gasteiger partial charge is 0.497 e. The number of rotatable bonds is 9. The highest BCUT2D eigenvalue weighted by Gasteiger charge is 2.41. The Morgan fingerprint density at radius 2 is 1.86 bits per heavy atom. The first-order chi connectivity index (χ1) is 17.7. The van der Waals surface area contributed by atoms with Crippen molar-refractivity contribution in [2.24, 2.45) is 5.73 Å². The number of hydrogen-bond donors (Lipinski definition) is 4. The van der Waals surface area contributed by atoms with Crippen molar-refractivity contribution in [3.8, 4) is 5.75 Å². The molecule has 0 aliphatic carbocycles. The van der Waals surface area contributed by atoms with Gasteiger partial charge in [-0.1, -0.05) is 36.4 Å². The average Bonchev–Trinajstić information content (AvgIpc) is 2.88. The number of aliphatic carboxylic acids is 1. The fourth-order valence-corrected chi connectivity index (χ4v) is 5.34. The Bertz CT molecular complexity index is 1360. The van der Waals surface area contributed by atoms with E-state index >= 15 is 0 Å². The zero-order valence-corrected chi connectivity index (χ0v) is 21.0. The third-order valence-electron chi connectivity index (χ3n) is 6.54. The molecule has 0 saturated carbocycles. The van der Waals surface area contributed by atoms with Crippen LogP contribution in [0, 0.1) is 5.41 Å². The second-order valence-electron chi connectivity index (χ2n) is 8.81. The third-order valence-corrected chi connectivity index (χ3v) is 7.34. The third kappa shape index (κ3) is 5.57. The predicted octanol–water partition coefficient (Wildman–Crippen LogP) is 2.76. The van der Waals surface area contributed by atoms with Gasteiger partial charge in [0.1, 0.15) is 23.7 Å². The van der Waals surface area contributed by atoms with Crippen molar-refractivity contribution < 1.29 is 28.2 Å². The highest BCUT2D eigenvalue weighted by Crippen LogP contribution is 2.31. The molecule has 1 amide bonds. The number of fused-ring (bicyclic) bond motifs is 1. The molecule has 0 aromatic heterocycles. The molecular weight excluding hydrogens is 496 g/mol. The summed E-state index contributed by atoms with van der Waals surface area (Å²) in [7, 11) is 1.57. The first-order valence-corrected chi connectivity index (χ1v) is 12.7. The molecule has 1 aliphatic heterocycles. The number of nitrogens with one attached hydrogen (secondary N) is 1. The van der Waals surface area contributed by atoms with Crippen molar-refractivity contribution in [3.05, 3.63) is 71.8 Å². The number of likely N-dealkylation sites (tertiary alicyclic amines) is 1. The molecule has 5 N–H and O–H groups in total. The van der Waals surface area contributed by atoms with E-state index in [4.69, 9.17) is 15.9 Å². The van der Waals surface area contributed by atoms with Crippen molar-refractivity contribution in [2.75, 3.05) is 18.0 Å². The number of nitrogens with two attached hydrogens (primary N) is 1. The smallest absolute Gasteiger partial charge is 0.326 e. The lowest BCUT2D eigenvalue weighted by atomic mass is 9.97. The standard InChI is InChI=1S/C26H28N4O6S/c1-36-21-11-9-18-14-20(10-8-19(18)15-21)30(37(34)35)22-3-2-12-29(25(22)31)23(26(32)33)13-16-4-6-17(7-5-16)24(27)28/h4-11,14-15,22-23H,2-3,12-13H2,1H3,(H3,27,28)(H,32,33)(H,34,35). The number of carboxylic acid groups (broad SMARTS) is 1. The van der Waals surface area contributed by atoms with Gasteiger partial charge >= 0.3 is 5.97 Å². The molecule has 1 heterocycles. The zero-order chi connectivity index (χ0) is 26.7. The van der Waals surface area contributed by atoms with Crippen molar-refractivity contribution in [1.29, 1.82) is 5.41 Å². The van der Waals surface area contributed by atoms with Crippen LogP contribution in [0.5, 0.6) is 5.75 Å². The van der Waals surface area contributed by atoms with Gasteiger partial charge < -0.3 is 20.5 Å². The van der Waals surface area contributed by atoms with Gasteiger partial charge in [-0.2, -0.15) is 0 Å².